The molecule has 25 heavy (non-hydrogen) atoms. The molecule has 142 valence electrons. The summed E-state index contributed by atoms with van der Waals surface area (Å²) >= 11 is 0. The number of halogens is 3. The standard InChI is InChI=1S/C14H20F3N3O4S/c1-13(2,3)20-12(21)19-10-5-4-9(24-14(15,16)17)8-11(10)25(22,23)7-6-18/h4-5,8H,6-7,18H2,1-3H3,(H2,19,20,21). The molecule has 1 aromatic carbocycles. The molecule has 0 fully saturated rings. The first kappa shape index (κ1) is 21.0. The van der Waals surface area contributed by atoms with Crippen molar-refractivity contribution in [2.75, 3.05) is 17.6 Å². The van der Waals surface area contributed by atoms with E-state index in [0.29, 0.717) is 6.07 Å². The zero-order valence-corrected chi connectivity index (χ0v) is 14.7. The van der Waals surface area contributed by atoms with E-state index in [9.17, 15) is 26.4 Å². The van der Waals surface area contributed by atoms with Gasteiger partial charge in [0, 0.05) is 18.2 Å². The van der Waals surface area contributed by atoms with Gasteiger partial charge >= 0.3 is 12.4 Å². The lowest BCUT2D eigenvalue weighted by Gasteiger charge is -2.21. The first-order chi connectivity index (χ1) is 11.2. The molecular formula is C14H20F3N3O4S. The highest BCUT2D eigenvalue weighted by atomic mass is 32.2. The Kier molecular flexibility index (Phi) is 6.29. The molecule has 0 aliphatic rings. The minimum Gasteiger partial charge on any atom is -0.406 e. The van der Waals surface area contributed by atoms with Crippen LogP contribution in [-0.4, -0.2) is 38.6 Å². The highest BCUT2D eigenvalue weighted by Gasteiger charge is 2.32. The normalized spacial score (nSPS) is 12.6. The molecule has 11 heteroatoms. The third-order valence-corrected chi connectivity index (χ3v) is 4.43. The summed E-state index contributed by atoms with van der Waals surface area (Å²) in [6.45, 7) is 4.89. The second-order valence-corrected chi connectivity index (χ2v) is 8.22. The Bertz CT molecular complexity index is 728. The first-order valence-electron chi connectivity index (χ1n) is 7.15. The van der Waals surface area contributed by atoms with Crippen LogP contribution >= 0.6 is 0 Å². The van der Waals surface area contributed by atoms with Gasteiger partial charge in [0.2, 0.25) is 0 Å². The molecule has 0 radical (unpaired) electrons. The molecule has 0 aliphatic heterocycles. The van der Waals surface area contributed by atoms with Crippen LogP contribution in [0.25, 0.3) is 0 Å². The Morgan fingerprint density at radius 2 is 1.84 bits per heavy atom. The van der Waals surface area contributed by atoms with Crippen molar-refractivity contribution < 1.29 is 31.1 Å². The van der Waals surface area contributed by atoms with Gasteiger partial charge < -0.3 is 21.1 Å². The topological polar surface area (TPSA) is 111 Å². The van der Waals surface area contributed by atoms with Crippen molar-refractivity contribution in [1.29, 1.82) is 0 Å². The number of sulfone groups is 1. The van der Waals surface area contributed by atoms with Gasteiger partial charge in [0.25, 0.3) is 0 Å². The van der Waals surface area contributed by atoms with E-state index in [1.807, 2.05) is 0 Å². The molecule has 1 aromatic rings. The Morgan fingerprint density at radius 3 is 2.32 bits per heavy atom. The van der Waals surface area contributed by atoms with E-state index in [2.05, 4.69) is 15.4 Å². The average Bonchev–Trinajstić information content (AvgIpc) is 2.36. The van der Waals surface area contributed by atoms with Crippen molar-refractivity contribution >= 4 is 21.6 Å². The maximum absolute atomic E-state index is 12.3. The quantitative estimate of drug-likeness (QED) is 0.722. The van der Waals surface area contributed by atoms with Gasteiger partial charge in [0.05, 0.1) is 16.3 Å². The monoisotopic (exact) mass is 383 g/mol. The SMILES string of the molecule is CC(C)(C)NC(=O)Nc1ccc(OC(F)(F)F)cc1S(=O)(=O)CCN. The summed E-state index contributed by atoms with van der Waals surface area (Å²) in [6, 6.07) is 1.92. The number of urea groups is 1. The van der Waals surface area contributed by atoms with Gasteiger partial charge in [-0.15, -0.1) is 13.2 Å². The molecule has 0 aliphatic carbocycles. The predicted octanol–water partition coefficient (Wildman–Crippen LogP) is 2.24. The fraction of sp³-hybridized carbons (Fsp3) is 0.500. The van der Waals surface area contributed by atoms with Gasteiger partial charge in [0.15, 0.2) is 9.84 Å². The molecule has 1 rings (SSSR count). The Morgan fingerprint density at radius 1 is 1.24 bits per heavy atom. The third kappa shape index (κ3) is 7.18. The summed E-state index contributed by atoms with van der Waals surface area (Å²) in [5.41, 5.74) is 4.46. The number of carbonyl (C=O) groups is 1. The van der Waals surface area contributed by atoms with Crippen LogP contribution in [0.15, 0.2) is 23.1 Å². The summed E-state index contributed by atoms with van der Waals surface area (Å²) in [7, 11) is -4.02. The van der Waals surface area contributed by atoms with E-state index in [-0.39, 0.29) is 12.2 Å². The maximum Gasteiger partial charge on any atom is 0.573 e. The van der Waals surface area contributed by atoms with Crippen molar-refractivity contribution in [2.45, 2.75) is 37.6 Å². The van der Waals surface area contributed by atoms with Gasteiger partial charge in [-0.1, -0.05) is 0 Å². The smallest absolute Gasteiger partial charge is 0.406 e. The van der Waals surface area contributed by atoms with Gasteiger partial charge in [0.1, 0.15) is 5.75 Å². The molecule has 0 atom stereocenters. The van der Waals surface area contributed by atoms with Crippen LogP contribution in [0, 0.1) is 0 Å². The van der Waals surface area contributed by atoms with Gasteiger partial charge in [-0.2, -0.15) is 0 Å². The van der Waals surface area contributed by atoms with E-state index in [1.54, 1.807) is 20.8 Å². The van der Waals surface area contributed by atoms with Crippen LogP contribution < -0.4 is 21.1 Å². The highest BCUT2D eigenvalue weighted by molar-refractivity contribution is 7.91. The van der Waals surface area contributed by atoms with E-state index in [0.717, 1.165) is 12.1 Å². The molecule has 0 aromatic heterocycles. The van der Waals surface area contributed by atoms with Gasteiger partial charge in [-0.25, -0.2) is 13.2 Å². The molecule has 2 amide bonds. The molecule has 0 unspecified atom stereocenters. The largest absolute Gasteiger partial charge is 0.573 e. The fourth-order valence-electron chi connectivity index (χ4n) is 1.82. The molecule has 0 heterocycles. The van der Waals surface area contributed by atoms with Crippen LogP contribution in [-0.2, 0) is 9.84 Å². The molecule has 4 N–H and O–H groups in total. The zero-order valence-electron chi connectivity index (χ0n) is 13.9. The predicted molar refractivity (Wildman–Crippen MR) is 86.1 cm³/mol. The zero-order chi connectivity index (χ0) is 19.5. The fourth-order valence-corrected chi connectivity index (χ4v) is 3.10. The molecular weight excluding hydrogens is 363 g/mol. The van der Waals surface area contributed by atoms with E-state index < -0.39 is 44.2 Å². The number of nitrogens with two attached hydrogens (primary N) is 1. The maximum atomic E-state index is 12.3. The minimum atomic E-state index is -4.98. The number of amides is 2. The summed E-state index contributed by atoms with van der Waals surface area (Å²) < 4.78 is 65.3. The molecule has 0 saturated carbocycles. The highest BCUT2D eigenvalue weighted by Crippen LogP contribution is 2.30. The van der Waals surface area contributed by atoms with Crippen molar-refractivity contribution in [1.82, 2.24) is 5.32 Å². The Hall–Kier alpha value is -2.01. The molecule has 0 saturated heterocycles. The van der Waals surface area contributed by atoms with Crippen LogP contribution in [0.5, 0.6) is 5.75 Å². The van der Waals surface area contributed by atoms with E-state index >= 15 is 0 Å². The molecule has 0 bridgehead atoms. The average molecular weight is 383 g/mol. The van der Waals surface area contributed by atoms with E-state index in [1.165, 1.54) is 0 Å². The van der Waals surface area contributed by atoms with Crippen molar-refractivity contribution in [3.05, 3.63) is 18.2 Å². The van der Waals surface area contributed by atoms with Gasteiger partial charge in [-0.3, -0.25) is 0 Å². The van der Waals surface area contributed by atoms with Crippen molar-refractivity contribution in [2.24, 2.45) is 5.73 Å². The second-order valence-electron chi connectivity index (χ2n) is 6.14. The minimum absolute atomic E-state index is 0.176. The number of alkyl halides is 3. The van der Waals surface area contributed by atoms with E-state index in [4.69, 9.17) is 5.73 Å². The lowest BCUT2D eigenvalue weighted by Crippen LogP contribution is -2.43. The lowest BCUT2D eigenvalue weighted by atomic mass is 10.1. The van der Waals surface area contributed by atoms with Crippen molar-refractivity contribution in [3.63, 3.8) is 0 Å². The lowest BCUT2D eigenvalue weighted by molar-refractivity contribution is -0.274. The number of benzene rings is 1. The molecule has 7 nitrogen and oxygen atoms in total. The number of anilines is 1. The summed E-state index contributed by atoms with van der Waals surface area (Å²) in [5.74, 6) is -1.22. The first-order valence-corrected chi connectivity index (χ1v) is 8.80. The number of hydrogen-bond acceptors (Lipinski definition) is 5. The summed E-state index contributed by atoms with van der Waals surface area (Å²) in [5, 5.41) is 4.87. The number of rotatable bonds is 5. The summed E-state index contributed by atoms with van der Waals surface area (Å²) in [6.07, 6.45) is -4.98. The molecule has 0 spiro atoms. The Balaban J connectivity index is 3.25. The Labute approximate surface area is 143 Å². The number of carbonyl (C=O) groups excluding carboxylic acids is 1. The third-order valence-electron chi connectivity index (χ3n) is 2.65. The number of ether oxygens (including phenoxy) is 1. The van der Waals surface area contributed by atoms with Crippen LogP contribution in [0.1, 0.15) is 20.8 Å². The van der Waals surface area contributed by atoms with Crippen molar-refractivity contribution in [3.8, 4) is 5.75 Å². The van der Waals surface area contributed by atoms with Crippen LogP contribution in [0.4, 0.5) is 23.7 Å². The van der Waals surface area contributed by atoms with Crippen LogP contribution in [0.3, 0.4) is 0 Å². The number of hydrogen-bond donors (Lipinski definition) is 3. The van der Waals surface area contributed by atoms with Crippen LogP contribution in [0.2, 0.25) is 0 Å². The number of nitrogens with one attached hydrogen (secondary N) is 2. The second kappa shape index (κ2) is 7.48. The van der Waals surface area contributed by atoms with Gasteiger partial charge in [-0.05, 0) is 32.9 Å². The summed E-state index contributed by atoms with van der Waals surface area (Å²) in [4.78, 5) is 11.4.